The van der Waals surface area contributed by atoms with Gasteiger partial charge in [-0.15, -0.1) is 11.3 Å². The predicted molar refractivity (Wildman–Crippen MR) is 135 cm³/mol. The molecule has 0 atom stereocenters. The lowest BCUT2D eigenvalue weighted by Gasteiger charge is -2.15. The van der Waals surface area contributed by atoms with E-state index in [1.807, 2.05) is 72.1 Å². The van der Waals surface area contributed by atoms with Gasteiger partial charge in [0.1, 0.15) is 0 Å². The third-order valence-electron chi connectivity index (χ3n) is 5.46. The molecule has 152 valence electrons. The van der Waals surface area contributed by atoms with Crippen molar-refractivity contribution < 1.29 is 0 Å². The number of thiophene rings is 1. The Balaban J connectivity index is 1.80. The first-order chi connectivity index (χ1) is 15.1. The summed E-state index contributed by atoms with van der Waals surface area (Å²) in [7, 11) is 3.97. The van der Waals surface area contributed by atoms with Crippen molar-refractivity contribution in [1.82, 2.24) is 4.57 Å². The number of fused-ring (bicyclic) bond motifs is 3. The zero-order chi connectivity index (χ0) is 21.4. The second kappa shape index (κ2) is 7.89. The Labute approximate surface area is 185 Å². The molecule has 0 aliphatic rings. The minimum Gasteiger partial charge on any atom is -0.376 e. The van der Waals surface area contributed by atoms with Crippen molar-refractivity contribution in [1.29, 1.82) is 0 Å². The maximum absolute atomic E-state index is 13.7. The third-order valence-corrected chi connectivity index (χ3v) is 6.46. The zero-order valence-corrected chi connectivity index (χ0v) is 18.3. The highest BCUT2D eigenvalue weighted by Gasteiger charge is 2.18. The molecule has 0 radical (unpaired) electrons. The second-order valence-corrected chi connectivity index (χ2v) is 8.60. The number of pyridine rings is 1. The Bertz CT molecular complexity index is 1460. The summed E-state index contributed by atoms with van der Waals surface area (Å²) < 4.78 is 2.87. The van der Waals surface area contributed by atoms with Gasteiger partial charge >= 0.3 is 0 Å². The van der Waals surface area contributed by atoms with Crippen molar-refractivity contribution in [2.24, 2.45) is 0 Å². The van der Waals surface area contributed by atoms with Gasteiger partial charge in [-0.25, -0.2) is 0 Å². The van der Waals surface area contributed by atoms with E-state index in [0.29, 0.717) is 0 Å². The first-order valence-electron chi connectivity index (χ1n) is 10.2. The molecule has 0 amide bonds. The topological polar surface area (TPSA) is 25.2 Å². The largest absolute Gasteiger partial charge is 0.376 e. The van der Waals surface area contributed by atoms with E-state index >= 15 is 0 Å². The van der Waals surface area contributed by atoms with Crippen LogP contribution in [-0.2, 0) is 0 Å². The summed E-state index contributed by atoms with van der Waals surface area (Å²) in [6, 6.07) is 26.5. The molecule has 0 aliphatic carbocycles. The average Bonchev–Trinajstić information content (AvgIpc) is 3.26. The lowest BCUT2D eigenvalue weighted by atomic mass is 10.1. The van der Waals surface area contributed by atoms with Gasteiger partial charge in [0.2, 0.25) is 0 Å². The number of anilines is 1. The van der Waals surface area contributed by atoms with Gasteiger partial charge in [-0.05, 0) is 35.4 Å². The van der Waals surface area contributed by atoms with E-state index in [0.717, 1.165) is 43.5 Å². The Morgan fingerprint density at radius 1 is 0.839 bits per heavy atom. The van der Waals surface area contributed by atoms with Gasteiger partial charge < -0.3 is 4.90 Å². The lowest BCUT2D eigenvalue weighted by Crippen LogP contribution is -2.20. The Morgan fingerprint density at radius 3 is 2.23 bits per heavy atom. The number of benzene rings is 3. The van der Waals surface area contributed by atoms with Crippen LogP contribution in [0.3, 0.4) is 0 Å². The van der Waals surface area contributed by atoms with E-state index in [4.69, 9.17) is 0 Å². The molecule has 0 saturated carbocycles. The number of rotatable bonds is 4. The zero-order valence-electron chi connectivity index (χ0n) is 17.4. The molecule has 5 rings (SSSR count). The predicted octanol–water partition coefficient (Wildman–Crippen LogP) is 6.44. The number of nitrogens with zero attached hydrogens (tertiary/aromatic N) is 2. The van der Waals surface area contributed by atoms with Crippen LogP contribution in [0.15, 0.2) is 89.0 Å². The van der Waals surface area contributed by atoms with Gasteiger partial charge in [0.25, 0.3) is 5.56 Å². The van der Waals surface area contributed by atoms with Gasteiger partial charge in [-0.1, -0.05) is 66.7 Å². The molecule has 4 heteroatoms. The van der Waals surface area contributed by atoms with Crippen LogP contribution in [0.1, 0.15) is 11.1 Å². The molecular weight excluding hydrogens is 400 g/mol. The summed E-state index contributed by atoms with van der Waals surface area (Å²) in [5.74, 6) is 0. The molecule has 0 unspecified atom stereocenters. The number of hydrogen-bond acceptors (Lipinski definition) is 3. The molecule has 2 heterocycles. The minimum absolute atomic E-state index is 0.0197. The van der Waals surface area contributed by atoms with Gasteiger partial charge in [0.15, 0.2) is 0 Å². The van der Waals surface area contributed by atoms with Crippen molar-refractivity contribution in [2.75, 3.05) is 19.0 Å². The third kappa shape index (κ3) is 3.45. The summed E-state index contributed by atoms with van der Waals surface area (Å²) in [5, 5.41) is 3.94. The molecule has 31 heavy (non-hydrogen) atoms. The summed E-state index contributed by atoms with van der Waals surface area (Å²) >= 11 is 1.63. The monoisotopic (exact) mass is 422 g/mol. The van der Waals surface area contributed by atoms with Crippen LogP contribution < -0.4 is 10.5 Å². The van der Waals surface area contributed by atoms with Crippen molar-refractivity contribution in [3.8, 4) is 5.69 Å². The van der Waals surface area contributed by atoms with Gasteiger partial charge in [0.05, 0.1) is 21.3 Å². The van der Waals surface area contributed by atoms with Crippen molar-refractivity contribution in [2.45, 2.75) is 0 Å². The van der Waals surface area contributed by atoms with Crippen LogP contribution in [0.5, 0.6) is 0 Å². The van der Waals surface area contributed by atoms with Crippen LogP contribution in [-0.4, -0.2) is 18.7 Å². The van der Waals surface area contributed by atoms with Gasteiger partial charge in [-0.2, -0.15) is 0 Å². The van der Waals surface area contributed by atoms with Crippen molar-refractivity contribution in [3.05, 3.63) is 106 Å². The summed E-state index contributed by atoms with van der Waals surface area (Å²) in [6.07, 6.45) is 4.24. The number of hydrogen-bond donors (Lipinski definition) is 0. The highest BCUT2D eigenvalue weighted by atomic mass is 32.1. The fourth-order valence-electron chi connectivity index (χ4n) is 3.93. The highest BCUT2D eigenvalue weighted by molar-refractivity contribution is 7.18. The Kier molecular flexibility index (Phi) is 4.92. The molecule has 0 fully saturated rings. The molecule has 0 aliphatic heterocycles. The van der Waals surface area contributed by atoms with Crippen LogP contribution in [0.2, 0.25) is 0 Å². The van der Waals surface area contributed by atoms with E-state index in [2.05, 4.69) is 47.9 Å². The Hall–Kier alpha value is -3.63. The standard InChI is InChI=1S/C27H22N2OS/c1-28(2)24-18-31-26-22-17-20(14-13-19-9-5-3-6-10-19)15-16-23(22)29(27(30)25(24)26)21-11-7-4-8-12-21/h3-18H,1-2H3. The minimum atomic E-state index is 0.0197. The van der Waals surface area contributed by atoms with Gasteiger partial charge in [0, 0.05) is 30.5 Å². The van der Waals surface area contributed by atoms with Crippen LogP contribution >= 0.6 is 11.3 Å². The van der Waals surface area contributed by atoms with E-state index in [-0.39, 0.29) is 5.56 Å². The molecule has 3 nitrogen and oxygen atoms in total. The summed E-state index contributed by atoms with van der Waals surface area (Å²) in [5.41, 5.74) is 5.05. The molecule has 0 saturated heterocycles. The SMILES string of the molecule is CN(C)c1csc2c1c(=O)n(-c1ccccc1)c1ccc(C=Cc3ccccc3)cc21. The normalized spacial score (nSPS) is 11.5. The van der Waals surface area contributed by atoms with E-state index in [9.17, 15) is 4.79 Å². The fraction of sp³-hybridized carbons (Fsp3) is 0.0741. The quantitative estimate of drug-likeness (QED) is 0.311. The maximum Gasteiger partial charge on any atom is 0.266 e. The van der Waals surface area contributed by atoms with E-state index < -0.39 is 0 Å². The van der Waals surface area contributed by atoms with Crippen molar-refractivity contribution >= 4 is 50.2 Å². The van der Waals surface area contributed by atoms with E-state index in [1.54, 1.807) is 11.3 Å². The number of aromatic nitrogens is 1. The molecule has 2 aromatic heterocycles. The van der Waals surface area contributed by atoms with Gasteiger partial charge in [-0.3, -0.25) is 9.36 Å². The fourth-order valence-corrected chi connectivity index (χ4v) is 5.09. The molecule has 3 aromatic carbocycles. The highest BCUT2D eigenvalue weighted by Crippen LogP contribution is 2.36. The first kappa shape index (κ1) is 19.3. The molecule has 0 spiro atoms. The Morgan fingerprint density at radius 2 is 1.52 bits per heavy atom. The number of para-hydroxylation sites is 1. The molecule has 5 aromatic rings. The van der Waals surface area contributed by atoms with Crippen LogP contribution in [0.25, 0.3) is 38.8 Å². The molecule has 0 N–H and O–H groups in total. The maximum atomic E-state index is 13.7. The lowest BCUT2D eigenvalue weighted by molar-refractivity contribution is 1.06. The summed E-state index contributed by atoms with van der Waals surface area (Å²) in [6.45, 7) is 0. The average molecular weight is 423 g/mol. The van der Waals surface area contributed by atoms with Crippen LogP contribution in [0, 0.1) is 0 Å². The summed E-state index contributed by atoms with van der Waals surface area (Å²) in [4.78, 5) is 15.7. The van der Waals surface area contributed by atoms with Crippen LogP contribution in [0.4, 0.5) is 5.69 Å². The second-order valence-electron chi connectivity index (χ2n) is 7.72. The molecule has 0 bridgehead atoms. The smallest absolute Gasteiger partial charge is 0.266 e. The molecular formula is C27H22N2OS. The first-order valence-corrected chi connectivity index (χ1v) is 11.1. The van der Waals surface area contributed by atoms with Crippen molar-refractivity contribution in [3.63, 3.8) is 0 Å². The van der Waals surface area contributed by atoms with E-state index in [1.165, 1.54) is 0 Å².